The lowest BCUT2D eigenvalue weighted by Gasteiger charge is -2.21. The Hall–Kier alpha value is -2.50. The van der Waals surface area contributed by atoms with Crippen LogP contribution in [0, 0.1) is 11.6 Å². The van der Waals surface area contributed by atoms with E-state index in [-0.39, 0.29) is 16.9 Å². The van der Waals surface area contributed by atoms with Gasteiger partial charge in [0.2, 0.25) is 0 Å². The minimum atomic E-state index is -1.02. The van der Waals surface area contributed by atoms with Crippen LogP contribution in [0.15, 0.2) is 36.5 Å². The largest absolute Gasteiger partial charge is 0.379 e. The molecule has 2 N–H and O–H groups in total. The predicted octanol–water partition coefficient (Wildman–Crippen LogP) is 3.82. The van der Waals surface area contributed by atoms with Crippen LogP contribution in [0.25, 0.3) is 0 Å². The summed E-state index contributed by atoms with van der Waals surface area (Å²) in [5.74, 6) is -2.47. The highest BCUT2D eigenvalue weighted by molar-refractivity contribution is 6.02. The molecule has 22 heavy (non-hydrogen) atoms. The van der Waals surface area contributed by atoms with Crippen LogP contribution in [0.5, 0.6) is 0 Å². The van der Waals surface area contributed by atoms with Crippen molar-refractivity contribution >= 4 is 17.3 Å². The van der Waals surface area contributed by atoms with Gasteiger partial charge >= 0.3 is 0 Å². The van der Waals surface area contributed by atoms with Gasteiger partial charge in [0.25, 0.3) is 5.91 Å². The fourth-order valence-electron chi connectivity index (χ4n) is 1.80. The highest BCUT2D eigenvalue weighted by Gasteiger charge is 2.12. The lowest BCUT2D eigenvalue weighted by atomic mass is 10.1. The van der Waals surface area contributed by atoms with Crippen molar-refractivity contribution in [1.29, 1.82) is 0 Å². The number of nitrogens with zero attached hydrogens (tertiary/aromatic N) is 1. The van der Waals surface area contributed by atoms with E-state index in [4.69, 9.17) is 0 Å². The zero-order valence-electron chi connectivity index (χ0n) is 12.6. The number of aromatic nitrogens is 1. The summed E-state index contributed by atoms with van der Waals surface area (Å²) in [5.41, 5.74) is 1.03. The maximum Gasteiger partial charge on any atom is 0.274 e. The first-order valence-electron chi connectivity index (χ1n) is 6.75. The quantitative estimate of drug-likeness (QED) is 0.906. The number of nitrogens with one attached hydrogen (secondary N) is 2. The molecular weight excluding hydrogens is 288 g/mol. The van der Waals surface area contributed by atoms with Gasteiger partial charge in [0.1, 0.15) is 5.69 Å². The number of hydrogen-bond acceptors (Lipinski definition) is 3. The first-order chi connectivity index (χ1) is 10.2. The molecule has 0 aliphatic rings. The molecule has 4 nitrogen and oxygen atoms in total. The van der Waals surface area contributed by atoms with Crippen molar-refractivity contribution in [3.8, 4) is 0 Å². The number of rotatable bonds is 3. The topological polar surface area (TPSA) is 54.0 Å². The van der Waals surface area contributed by atoms with E-state index in [1.807, 2.05) is 20.8 Å². The number of halogens is 2. The van der Waals surface area contributed by atoms with E-state index in [0.717, 1.165) is 17.8 Å². The fraction of sp³-hybridized carbons (Fsp3) is 0.250. The van der Waals surface area contributed by atoms with Crippen LogP contribution in [-0.4, -0.2) is 16.4 Å². The Morgan fingerprint density at radius 2 is 1.73 bits per heavy atom. The Balaban J connectivity index is 2.08. The van der Waals surface area contributed by atoms with Crippen molar-refractivity contribution in [1.82, 2.24) is 4.98 Å². The van der Waals surface area contributed by atoms with Crippen LogP contribution in [0.4, 0.5) is 20.2 Å². The van der Waals surface area contributed by atoms with E-state index in [1.54, 1.807) is 18.3 Å². The molecule has 0 fully saturated rings. The maximum absolute atomic E-state index is 13.1. The van der Waals surface area contributed by atoms with Crippen LogP contribution in [0.2, 0.25) is 0 Å². The van der Waals surface area contributed by atoms with Crippen molar-refractivity contribution in [3.05, 3.63) is 53.9 Å². The molecule has 0 spiro atoms. The Labute approximate surface area is 127 Å². The number of carbonyl (C=O) groups excluding carboxylic acids is 1. The molecule has 1 aromatic carbocycles. The van der Waals surface area contributed by atoms with Crippen LogP contribution in [-0.2, 0) is 0 Å². The molecule has 2 rings (SSSR count). The summed E-state index contributed by atoms with van der Waals surface area (Å²) in [7, 11) is 0. The zero-order chi connectivity index (χ0) is 16.3. The SMILES string of the molecule is CC(C)(C)Nc1ccc(C(=O)Nc2ccc(F)c(F)c2)nc1. The maximum atomic E-state index is 13.1. The lowest BCUT2D eigenvalue weighted by molar-refractivity contribution is 0.102. The molecular formula is C16H17F2N3O. The number of pyridine rings is 1. The molecule has 0 atom stereocenters. The molecule has 116 valence electrons. The van der Waals surface area contributed by atoms with Gasteiger partial charge in [0.15, 0.2) is 11.6 Å². The van der Waals surface area contributed by atoms with Crippen LogP contribution >= 0.6 is 0 Å². The number of hydrogen-bond donors (Lipinski definition) is 2. The Morgan fingerprint density at radius 1 is 1.05 bits per heavy atom. The number of amides is 1. The molecule has 0 bridgehead atoms. The van der Waals surface area contributed by atoms with Gasteiger partial charge in [0, 0.05) is 17.3 Å². The number of anilines is 2. The first kappa shape index (κ1) is 15.9. The average molecular weight is 305 g/mol. The fourth-order valence-corrected chi connectivity index (χ4v) is 1.80. The second-order valence-corrected chi connectivity index (χ2v) is 5.89. The molecule has 0 saturated carbocycles. The van der Waals surface area contributed by atoms with Gasteiger partial charge in [0.05, 0.1) is 11.9 Å². The highest BCUT2D eigenvalue weighted by Crippen LogP contribution is 2.16. The Bertz CT molecular complexity index is 679. The van der Waals surface area contributed by atoms with E-state index in [2.05, 4.69) is 15.6 Å². The van der Waals surface area contributed by atoms with Crippen LogP contribution < -0.4 is 10.6 Å². The smallest absolute Gasteiger partial charge is 0.274 e. The summed E-state index contributed by atoms with van der Waals surface area (Å²) >= 11 is 0. The molecule has 1 heterocycles. The number of carbonyl (C=O) groups is 1. The van der Waals surface area contributed by atoms with Crippen LogP contribution in [0.3, 0.4) is 0 Å². The molecule has 0 saturated heterocycles. The monoisotopic (exact) mass is 305 g/mol. The van der Waals surface area contributed by atoms with Crippen molar-refractivity contribution in [2.24, 2.45) is 0 Å². The lowest BCUT2D eigenvalue weighted by Crippen LogP contribution is -2.26. The van der Waals surface area contributed by atoms with Gasteiger partial charge in [-0.05, 0) is 45.0 Å². The molecule has 1 aromatic heterocycles. The van der Waals surface area contributed by atoms with Gasteiger partial charge in [-0.1, -0.05) is 0 Å². The van der Waals surface area contributed by atoms with Gasteiger partial charge in [-0.2, -0.15) is 0 Å². The molecule has 0 unspecified atom stereocenters. The minimum absolute atomic E-state index is 0.114. The van der Waals surface area contributed by atoms with Gasteiger partial charge in [-0.15, -0.1) is 0 Å². The van der Waals surface area contributed by atoms with Gasteiger partial charge < -0.3 is 10.6 Å². The van der Waals surface area contributed by atoms with Crippen molar-refractivity contribution in [2.75, 3.05) is 10.6 Å². The third-order valence-corrected chi connectivity index (χ3v) is 2.69. The van der Waals surface area contributed by atoms with Gasteiger partial charge in [-0.3, -0.25) is 4.79 Å². The van der Waals surface area contributed by atoms with E-state index < -0.39 is 17.5 Å². The standard InChI is InChI=1S/C16H17F2N3O/c1-16(2,3)21-11-5-7-14(19-9-11)15(22)20-10-4-6-12(17)13(18)8-10/h4-9,21H,1-3H3,(H,20,22). The second-order valence-electron chi connectivity index (χ2n) is 5.89. The van der Waals surface area contributed by atoms with E-state index >= 15 is 0 Å². The Morgan fingerprint density at radius 3 is 2.27 bits per heavy atom. The molecule has 6 heteroatoms. The van der Waals surface area contributed by atoms with Crippen LogP contribution in [0.1, 0.15) is 31.3 Å². The Kier molecular flexibility index (Phi) is 4.40. The second kappa shape index (κ2) is 6.09. The summed E-state index contributed by atoms with van der Waals surface area (Å²) in [5, 5.41) is 5.69. The predicted molar refractivity (Wildman–Crippen MR) is 81.9 cm³/mol. The van der Waals surface area contributed by atoms with Crippen molar-refractivity contribution < 1.29 is 13.6 Å². The molecule has 2 aromatic rings. The van der Waals surface area contributed by atoms with E-state index in [1.165, 1.54) is 6.07 Å². The summed E-state index contributed by atoms with van der Waals surface area (Å²) in [6.07, 6.45) is 1.55. The third kappa shape index (κ3) is 4.25. The normalized spacial score (nSPS) is 11.1. The molecule has 1 amide bonds. The minimum Gasteiger partial charge on any atom is -0.379 e. The summed E-state index contributed by atoms with van der Waals surface area (Å²) in [4.78, 5) is 16.1. The van der Waals surface area contributed by atoms with E-state index in [9.17, 15) is 13.6 Å². The average Bonchev–Trinajstić information content (AvgIpc) is 2.42. The zero-order valence-corrected chi connectivity index (χ0v) is 12.6. The summed E-state index contributed by atoms with van der Waals surface area (Å²) in [6.45, 7) is 6.03. The summed E-state index contributed by atoms with van der Waals surface area (Å²) in [6, 6.07) is 6.45. The van der Waals surface area contributed by atoms with Gasteiger partial charge in [-0.25, -0.2) is 13.8 Å². The molecule has 0 radical (unpaired) electrons. The first-order valence-corrected chi connectivity index (χ1v) is 6.75. The van der Waals surface area contributed by atoms with Crippen molar-refractivity contribution in [2.45, 2.75) is 26.3 Å². The number of benzene rings is 1. The third-order valence-electron chi connectivity index (χ3n) is 2.69. The highest BCUT2D eigenvalue weighted by atomic mass is 19.2. The van der Waals surface area contributed by atoms with E-state index in [0.29, 0.717) is 0 Å². The summed E-state index contributed by atoms with van der Waals surface area (Å²) < 4.78 is 25.9. The van der Waals surface area contributed by atoms with Crippen molar-refractivity contribution in [3.63, 3.8) is 0 Å². The molecule has 0 aliphatic heterocycles. The molecule has 0 aliphatic carbocycles.